The number of rotatable bonds is 4. The quantitative estimate of drug-likeness (QED) is 0.675. The van der Waals surface area contributed by atoms with Crippen molar-refractivity contribution in [2.24, 2.45) is 0 Å². The number of hydrogen-bond acceptors (Lipinski definition) is 7. The van der Waals surface area contributed by atoms with E-state index >= 15 is 0 Å². The number of amides is 1. The van der Waals surface area contributed by atoms with Crippen LogP contribution < -0.4 is 4.90 Å². The summed E-state index contributed by atoms with van der Waals surface area (Å²) >= 11 is 0. The molecule has 0 unspecified atom stereocenters. The summed E-state index contributed by atoms with van der Waals surface area (Å²) in [6.45, 7) is 2.73. The van der Waals surface area contributed by atoms with E-state index in [9.17, 15) is 4.79 Å². The highest BCUT2D eigenvalue weighted by molar-refractivity contribution is 5.84. The first-order chi connectivity index (χ1) is 12.8. The maximum Gasteiger partial charge on any atom is 0.248 e. The second-order valence-electron chi connectivity index (χ2n) is 6.01. The van der Waals surface area contributed by atoms with Crippen LogP contribution in [0.1, 0.15) is 0 Å². The second-order valence-corrected chi connectivity index (χ2v) is 6.01. The number of fused-ring (bicyclic) bond motifs is 1. The van der Waals surface area contributed by atoms with Gasteiger partial charge in [0.05, 0.1) is 5.69 Å². The van der Waals surface area contributed by atoms with Gasteiger partial charge in [-0.05, 0) is 12.1 Å². The predicted molar refractivity (Wildman–Crippen MR) is 95.1 cm³/mol. The molecule has 9 heteroatoms. The van der Waals surface area contributed by atoms with Crippen molar-refractivity contribution in [1.82, 2.24) is 29.9 Å². The zero-order valence-corrected chi connectivity index (χ0v) is 14.4. The van der Waals surface area contributed by atoms with E-state index in [-0.39, 0.29) is 12.5 Å². The molecule has 3 heterocycles. The summed E-state index contributed by atoms with van der Waals surface area (Å²) in [6.07, 6.45) is 1.53. The maximum absolute atomic E-state index is 11.9. The van der Waals surface area contributed by atoms with E-state index in [1.807, 2.05) is 30.3 Å². The molecule has 3 aromatic rings. The van der Waals surface area contributed by atoms with Crippen LogP contribution in [-0.4, -0.2) is 75.7 Å². The first kappa shape index (κ1) is 16.4. The molecule has 0 radical (unpaired) electrons. The van der Waals surface area contributed by atoms with Gasteiger partial charge in [0, 0.05) is 33.3 Å². The number of ether oxygens (including phenoxy) is 1. The first-order valence-electron chi connectivity index (χ1n) is 8.41. The number of carbonyl (C=O) groups excluding carboxylic acids is 1. The minimum Gasteiger partial charge on any atom is -0.375 e. The molecule has 0 bridgehead atoms. The molecule has 1 aromatic carbocycles. The van der Waals surface area contributed by atoms with Gasteiger partial charge in [0.15, 0.2) is 17.0 Å². The van der Waals surface area contributed by atoms with Crippen LogP contribution in [0, 0.1) is 0 Å². The lowest BCUT2D eigenvalue weighted by Crippen LogP contribution is -2.50. The van der Waals surface area contributed by atoms with Gasteiger partial charge in [0.25, 0.3) is 0 Å². The minimum absolute atomic E-state index is 0.00927. The summed E-state index contributed by atoms with van der Waals surface area (Å²) < 4.78 is 6.63. The molecule has 0 atom stereocenters. The number of aromatic nitrogens is 5. The summed E-state index contributed by atoms with van der Waals surface area (Å²) in [5.41, 5.74) is 2.22. The molecule has 1 aliphatic heterocycles. The number of para-hydroxylation sites is 1. The van der Waals surface area contributed by atoms with Gasteiger partial charge in [-0.25, -0.2) is 9.97 Å². The van der Waals surface area contributed by atoms with Gasteiger partial charge in [-0.1, -0.05) is 23.4 Å². The van der Waals surface area contributed by atoms with Crippen LogP contribution in [-0.2, 0) is 9.53 Å². The van der Waals surface area contributed by atoms with Crippen molar-refractivity contribution < 1.29 is 9.53 Å². The summed E-state index contributed by atoms with van der Waals surface area (Å²) in [5, 5.41) is 8.54. The third-order valence-corrected chi connectivity index (χ3v) is 4.42. The van der Waals surface area contributed by atoms with Gasteiger partial charge in [0.1, 0.15) is 12.9 Å². The number of hydrogen-bond donors (Lipinski definition) is 0. The Morgan fingerprint density at radius 3 is 2.62 bits per heavy atom. The highest BCUT2D eigenvalue weighted by atomic mass is 16.5. The summed E-state index contributed by atoms with van der Waals surface area (Å²) in [6, 6.07) is 9.75. The van der Waals surface area contributed by atoms with Crippen LogP contribution in [0.5, 0.6) is 0 Å². The van der Waals surface area contributed by atoms with Gasteiger partial charge in [0.2, 0.25) is 5.91 Å². The topological polar surface area (TPSA) is 89.3 Å². The van der Waals surface area contributed by atoms with E-state index in [4.69, 9.17) is 4.74 Å². The lowest BCUT2D eigenvalue weighted by molar-refractivity contribution is -0.135. The fourth-order valence-corrected chi connectivity index (χ4v) is 3.09. The first-order valence-corrected chi connectivity index (χ1v) is 8.41. The van der Waals surface area contributed by atoms with Crippen molar-refractivity contribution >= 4 is 22.9 Å². The molecule has 0 aliphatic carbocycles. The molecule has 4 rings (SSSR count). The molecule has 1 amide bonds. The fourth-order valence-electron chi connectivity index (χ4n) is 3.09. The molecule has 1 aliphatic rings. The van der Waals surface area contributed by atoms with E-state index in [1.54, 1.807) is 9.58 Å². The zero-order chi connectivity index (χ0) is 17.9. The Morgan fingerprint density at radius 2 is 1.88 bits per heavy atom. The third kappa shape index (κ3) is 2.97. The SMILES string of the molecule is COCC(=O)N1CCN(c2ncnc3c2nnn3-c2ccccc2)CC1. The Kier molecular flexibility index (Phi) is 4.44. The molecule has 0 saturated carbocycles. The van der Waals surface area contributed by atoms with Crippen molar-refractivity contribution in [3.05, 3.63) is 36.7 Å². The van der Waals surface area contributed by atoms with Crippen LogP contribution in [0.15, 0.2) is 36.7 Å². The van der Waals surface area contributed by atoms with Gasteiger partial charge >= 0.3 is 0 Å². The molecule has 1 fully saturated rings. The molecule has 0 spiro atoms. The van der Waals surface area contributed by atoms with E-state index in [0.717, 1.165) is 11.5 Å². The lowest BCUT2D eigenvalue weighted by Gasteiger charge is -2.35. The van der Waals surface area contributed by atoms with Gasteiger partial charge in [-0.3, -0.25) is 4.79 Å². The number of benzene rings is 1. The summed E-state index contributed by atoms with van der Waals surface area (Å²) in [4.78, 5) is 24.6. The molecular weight excluding hydrogens is 334 g/mol. The molecule has 26 heavy (non-hydrogen) atoms. The standard InChI is InChI=1S/C17H19N7O2/c1-26-11-14(25)22-7-9-23(10-8-22)16-15-17(19-12-18-16)24(21-20-15)13-5-3-2-4-6-13/h2-6,12H,7-11H2,1H3. The van der Waals surface area contributed by atoms with Crippen LogP contribution in [0.25, 0.3) is 16.9 Å². The van der Waals surface area contributed by atoms with Crippen LogP contribution in [0.4, 0.5) is 5.82 Å². The summed E-state index contributed by atoms with van der Waals surface area (Å²) in [7, 11) is 1.53. The molecule has 1 saturated heterocycles. The van der Waals surface area contributed by atoms with Crippen LogP contribution in [0.3, 0.4) is 0 Å². The Hall–Kier alpha value is -3.07. The Balaban J connectivity index is 1.59. The predicted octanol–water partition coefficient (Wildman–Crippen LogP) is 0.505. The number of methoxy groups -OCH3 is 1. The normalized spacial score (nSPS) is 14.8. The van der Waals surface area contributed by atoms with Crippen molar-refractivity contribution in [2.45, 2.75) is 0 Å². The van der Waals surface area contributed by atoms with E-state index in [1.165, 1.54) is 13.4 Å². The lowest BCUT2D eigenvalue weighted by atomic mass is 10.3. The largest absolute Gasteiger partial charge is 0.375 e. The Labute approximate surface area is 150 Å². The number of anilines is 1. The molecule has 134 valence electrons. The van der Waals surface area contributed by atoms with E-state index < -0.39 is 0 Å². The monoisotopic (exact) mass is 353 g/mol. The Morgan fingerprint density at radius 1 is 1.12 bits per heavy atom. The minimum atomic E-state index is 0.00927. The van der Waals surface area contributed by atoms with Crippen molar-refractivity contribution in [1.29, 1.82) is 0 Å². The highest BCUT2D eigenvalue weighted by Crippen LogP contribution is 2.23. The van der Waals surface area contributed by atoms with E-state index in [2.05, 4.69) is 25.2 Å². The molecule has 0 N–H and O–H groups in total. The average Bonchev–Trinajstić information content (AvgIpc) is 3.13. The molecule has 2 aromatic heterocycles. The zero-order valence-electron chi connectivity index (χ0n) is 14.4. The second kappa shape index (κ2) is 7.04. The fraction of sp³-hybridized carbons (Fsp3) is 0.353. The number of piperazine rings is 1. The van der Waals surface area contributed by atoms with E-state index in [0.29, 0.717) is 37.3 Å². The number of carbonyl (C=O) groups is 1. The van der Waals surface area contributed by atoms with Crippen molar-refractivity contribution in [3.8, 4) is 5.69 Å². The Bertz CT molecular complexity index is 904. The summed E-state index contributed by atoms with van der Waals surface area (Å²) in [5.74, 6) is 0.756. The van der Waals surface area contributed by atoms with Gasteiger partial charge < -0.3 is 14.5 Å². The van der Waals surface area contributed by atoms with Crippen LogP contribution >= 0.6 is 0 Å². The molecule has 9 nitrogen and oxygen atoms in total. The van der Waals surface area contributed by atoms with Crippen molar-refractivity contribution in [2.75, 3.05) is 44.8 Å². The van der Waals surface area contributed by atoms with Gasteiger partial charge in [-0.2, -0.15) is 4.68 Å². The third-order valence-electron chi connectivity index (χ3n) is 4.42. The van der Waals surface area contributed by atoms with Crippen molar-refractivity contribution in [3.63, 3.8) is 0 Å². The number of nitrogens with zero attached hydrogens (tertiary/aromatic N) is 7. The maximum atomic E-state index is 11.9. The van der Waals surface area contributed by atoms with Gasteiger partial charge in [-0.15, -0.1) is 5.10 Å². The smallest absolute Gasteiger partial charge is 0.248 e. The van der Waals surface area contributed by atoms with Crippen LogP contribution in [0.2, 0.25) is 0 Å². The average molecular weight is 353 g/mol. The highest BCUT2D eigenvalue weighted by Gasteiger charge is 2.24. The molecular formula is C17H19N7O2.